The number of carbonyl (C=O) groups excluding carboxylic acids is 3. The van der Waals surface area contributed by atoms with Crippen molar-refractivity contribution in [2.24, 2.45) is 11.8 Å². The largest absolute Gasteiger partial charge is 0.462 e. The van der Waals surface area contributed by atoms with E-state index >= 15 is 0 Å². The summed E-state index contributed by atoms with van der Waals surface area (Å²) in [4.78, 5) is 44.0. The van der Waals surface area contributed by atoms with Crippen molar-refractivity contribution in [3.8, 4) is 0 Å². The minimum Gasteiger partial charge on any atom is -0.462 e. The maximum Gasteiger partial charge on any atom is 0.410 e. The van der Waals surface area contributed by atoms with Gasteiger partial charge in [-0.05, 0) is 57.2 Å². The van der Waals surface area contributed by atoms with Crippen molar-refractivity contribution in [1.29, 1.82) is 0 Å². The SMILES string of the molecule is COC(=O)c1nc2cc(NC(=O)[C@H]3[C@H](C4CCCCC4)CCN3C(=O)OC(C)(C)C)ccc2o1. The zero-order valence-corrected chi connectivity index (χ0v) is 20.3. The van der Waals surface area contributed by atoms with Crippen molar-refractivity contribution < 1.29 is 28.3 Å². The van der Waals surface area contributed by atoms with Gasteiger partial charge in [0, 0.05) is 12.2 Å². The molecule has 1 N–H and O–H groups in total. The summed E-state index contributed by atoms with van der Waals surface area (Å²) in [6.07, 6.45) is 6.03. The van der Waals surface area contributed by atoms with Crippen molar-refractivity contribution in [1.82, 2.24) is 9.88 Å². The van der Waals surface area contributed by atoms with Crippen molar-refractivity contribution >= 4 is 34.8 Å². The smallest absolute Gasteiger partial charge is 0.410 e. The van der Waals surface area contributed by atoms with Gasteiger partial charge in [0.25, 0.3) is 0 Å². The van der Waals surface area contributed by atoms with E-state index < -0.39 is 23.7 Å². The number of carbonyl (C=O) groups is 3. The number of ether oxygens (including phenoxy) is 2. The topological polar surface area (TPSA) is 111 Å². The highest BCUT2D eigenvalue weighted by Gasteiger charge is 2.46. The summed E-state index contributed by atoms with van der Waals surface area (Å²) in [5.41, 5.74) is 0.712. The Morgan fingerprint density at radius 2 is 1.85 bits per heavy atom. The molecule has 34 heavy (non-hydrogen) atoms. The van der Waals surface area contributed by atoms with Gasteiger partial charge in [0.2, 0.25) is 5.91 Å². The molecule has 0 spiro atoms. The monoisotopic (exact) mass is 471 g/mol. The number of rotatable bonds is 4. The number of esters is 1. The molecule has 4 rings (SSSR count). The number of hydrogen-bond donors (Lipinski definition) is 1. The van der Waals surface area contributed by atoms with Crippen LogP contribution in [-0.4, -0.2) is 53.2 Å². The second-order valence-electron chi connectivity index (χ2n) is 10.2. The Bertz CT molecular complexity index is 1070. The first-order valence-electron chi connectivity index (χ1n) is 12.0. The molecule has 2 heterocycles. The molecule has 2 aromatic rings. The molecule has 1 saturated carbocycles. The molecule has 0 radical (unpaired) electrons. The molecule has 184 valence electrons. The Hall–Kier alpha value is -3.10. The van der Waals surface area contributed by atoms with E-state index in [1.54, 1.807) is 23.1 Å². The predicted molar refractivity (Wildman–Crippen MR) is 125 cm³/mol. The van der Waals surface area contributed by atoms with E-state index in [-0.39, 0.29) is 17.7 Å². The number of likely N-dealkylation sites (tertiary alicyclic amines) is 1. The molecule has 1 aliphatic heterocycles. The molecular formula is C25H33N3O6. The highest BCUT2D eigenvalue weighted by molar-refractivity contribution is 5.98. The lowest BCUT2D eigenvalue weighted by Gasteiger charge is -2.34. The summed E-state index contributed by atoms with van der Waals surface area (Å²) < 4.78 is 15.7. The minimum atomic E-state index is -0.670. The average molecular weight is 472 g/mol. The van der Waals surface area contributed by atoms with Gasteiger partial charge in [0.05, 0.1) is 7.11 Å². The first-order chi connectivity index (χ1) is 16.2. The van der Waals surface area contributed by atoms with Crippen LogP contribution in [-0.2, 0) is 14.3 Å². The highest BCUT2D eigenvalue weighted by atomic mass is 16.6. The summed E-state index contributed by atoms with van der Waals surface area (Å²) in [6.45, 7) is 5.97. The number of hydrogen-bond acceptors (Lipinski definition) is 7. The average Bonchev–Trinajstić information content (AvgIpc) is 3.42. The molecule has 1 aromatic heterocycles. The molecule has 9 nitrogen and oxygen atoms in total. The molecule has 1 saturated heterocycles. The number of nitrogens with one attached hydrogen (secondary N) is 1. The fourth-order valence-corrected chi connectivity index (χ4v) is 5.13. The number of amides is 2. The van der Waals surface area contributed by atoms with E-state index in [2.05, 4.69) is 15.0 Å². The molecule has 2 atom stereocenters. The van der Waals surface area contributed by atoms with E-state index in [4.69, 9.17) is 9.15 Å². The standard InChI is InChI=1S/C25H33N3O6/c1-25(2,3)34-24(31)28-13-12-17(15-8-6-5-7-9-15)20(28)21(29)26-16-10-11-19-18(14-16)27-22(33-19)23(30)32-4/h10-11,14-15,17,20H,5-9,12-13H2,1-4H3,(H,26,29)/t17-,20+/m0/s1. The van der Waals surface area contributed by atoms with Gasteiger partial charge >= 0.3 is 18.0 Å². The Kier molecular flexibility index (Phi) is 6.81. The van der Waals surface area contributed by atoms with Crippen LogP contribution in [0.2, 0.25) is 0 Å². The van der Waals surface area contributed by atoms with Crippen LogP contribution in [0.4, 0.5) is 10.5 Å². The van der Waals surface area contributed by atoms with Gasteiger partial charge in [0.1, 0.15) is 17.2 Å². The van der Waals surface area contributed by atoms with Gasteiger partial charge in [-0.2, -0.15) is 0 Å². The van der Waals surface area contributed by atoms with Gasteiger partial charge in [-0.1, -0.05) is 32.1 Å². The lowest BCUT2D eigenvalue weighted by Crippen LogP contribution is -2.49. The second kappa shape index (κ2) is 9.64. The van der Waals surface area contributed by atoms with Gasteiger partial charge in [-0.3, -0.25) is 9.69 Å². The quantitative estimate of drug-likeness (QED) is 0.640. The Morgan fingerprint density at radius 3 is 2.53 bits per heavy atom. The molecule has 2 amide bonds. The van der Waals surface area contributed by atoms with Crippen LogP contribution in [0.1, 0.15) is 70.0 Å². The normalized spacial score (nSPS) is 21.5. The Balaban J connectivity index is 1.57. The number of fused-ring (bicyclic) bond motifs is 1. The maximum atomic E-state index is 13.6. The third-order valence-corrected chi connectivity index (χ3v) is 6.61. The Morgan fingerprint density at radius 1 is 1.12 bits per heavy atom. The molecule has 1 aromatic carbocycles. The number of anilines is 1. The third-order valence-electron chi connectivity index (χ3n) is 6.61. The molecular weight excluding hydrogens is 438 g/mol. The molecule has 9 heteroatoms. The van der Waals surface area contributed by atoms with Gasteiger partial charge in [0.15, 0.2) is 5.58 Å². The predicted octanol–water partition coefficient (Wildman–Crippen LogP) is 4.76. The second-order valence-corrected chi connectivity index (χ2v) is 10.2. The van der Waals surface area contributed by atoms with Crippen molar-refractivity contribution in [2.45, 2.75) is 70.9 Å². The molecule has 0 unspecified atom stereocenters. The van der Waals surface area contributed by atoms with Crippen molar-refractivity contribution in [3.05, 3.63) is 24.1 Å². The van der Waals surface area contributed by atoms with Crippen LogP contribution in [0.15, 0.2) is 22.6 Å². The highest BCUT2D eigenvalue weighted by Crippen LogP contribution is 2.40. The molecule has 0 bridgehead atoms. The first-order valence-corrected chi connectivity index (χ1v) is 12.0. The van der Waals surface area contributed by atoms with E-state index in [1.807, 2.05) is 20.8 Å². The summed E-state index contributed by atoms with van der Waals surface area (Å²) in [5.74, 6) is -0.552. The first kappa shape index (κ1) is 24.0. The lowest BCUT2D eigenvalue weighted by atomic mass is 9.76. The summed E-state index contributed by atoms with van der Waals surface area (Å²) in [5, 5.41) is 2.96. The van der Waals surface area contributed by atoms with Gasteiger partial charge in [-0.25, -0.2) is 14.6 Å². The van der Waals surface area contributed by atoms with Crippen LogP contribution in [0.3, 0.4) is 0 Å². The van der Waals surface area contributed by atoms with E-state index in [0.717, 1.165) is 32.1 Å². The molecule has 2 aliphatic rings. The van der Waals surface area contributed by atoms with Crippen LogP contribution in [0, 0.1) is 11.8 Å². The number of nitrogens with zero attached hydrogens (tertiary/aromatic N) is 2. The van der Waals surface area contributed by atoms with Crippen LogP contribution in [0.25, 0.3) is 11.1 Å². The van der Waals surface area contributed by atoms with Crippen LogP contribution < -0.4 is 5.32 Å². The van der Waals surface area contributed by atoms with E-state index in [0.29, 0.717) is 29.2 Å². The summed E-state index contributed by atoms with van der Waals surface area (Å²) in [6, 6.07) is 4.38. The van der Waals surface area contributed by atoms with Crippen LogP contribution in [0.5, 0.6) is 0 Å². The fourth-order valence-electron chi connectivity index (χ4n) is 5.13. The number of methoxy groups -OCH3 is 1. The Labute approximate surface area is 199 Å². The summed E-state index contributed by atoms with van der Waals surface area (Å²) >= 11 is 0. The number of aromatic nitrogens is 1. The molecule has 1 aliphatic carbocycles. The lowest BCUT2D eigenvalue weighted by molar-refractivity contribution is -0.122. The minimum absolute atomic E-state index is 0.0922. The zero-order valence-electron chi connectivity index (χ0n) is 20.3. The van der Waals surface area contributed by atoms with E-state index in [1.165, 1.54) is 13.5 Å². The zero-order chi connectivity index (χ0) is 24.5. The third kappa shape index (κ3) is 5.18. The van der Waals surface area contributed by atoms with Gasteiger partial charge < -0.3 is 19.2 Å². The van der Waals surface area contributed by atoms with Crippen molar-refractivity contribution in [3.63, 3.8) is 0 Å². The number of oxazole rings is 1. The number of benzene rings is 1. The van der Waals surface area contributed by atoms with Crippen LogP contribution >= 0.6 is 0 Å². The summed E-state index contributed by atoms with van der Waals surface area (Å²) in [7, 11) is 1.25. The van der Waals surface area contributed by atoms with Gasteiger partial charge in [-0.15, -0.1) is 0 Å². The van der Waals surface area contributed by atoms with E-state index in [9.17, 15) is 14.4 Å². The molecule has 2 fully saturated rings. The fraction of sp³-hybridized carbons (Fsp3) is 0.600. The van der Waals surface area contributed by atoms with Crippen molar-refractivity contribution in [2.75, 3.05) is 19.0 Å². The maximum absolute atomic E-state index is 13.6.